The maximum Gasteiger partial charge on any atom is 0.328 e. The molecule has 1 aromatic heterocycles. The number of aromatic nitrogens is 1. The molecule has 0 spiro atoms. The summed E-state index contributed by atoms with van der Waals surface area (Å²) in [5, 5.41) is 15.3. The van der Waals surface area contributed by atoms with Crippen LogP contribution in [0, 0.1) is 5.92 Å². The molecule has 1 heterocycles. The molecule has 5 rings (SSSR count). The number of phenols is 1. The van der Waals surface area contributed by atoms with Gasteiger partial charge in [-0.3, -0.25) is 4.79 Å². The fourth-order valence-electron chi connectivity index (χ4n) is 8.32. The molecule has 2 N–H and O–H groups in total. The number of carbonyl (C=O) groups is 2. The van der Waals surface area contributed by atoms with Crippen molar-refractivity contribution in [3.05, 3.63) is 114 Å². The summed E-state index contributed by atoms with van der Waals surface area (Å²) in [6.45, 7) is 18.0. The van der Waals surface area contributed by atoms with E-state index in [1.165, 1.54) is 7.11 Å². The third-order valence-electron chi connectivity index (χ3n) is 11.1. The van der Waals surface area contributed by atoms with Gasteiger partial charge in [-0.25, -0.2) is 4.79 Å². The third-order valence-corrected chi connectivity index (χ3v) is 17.2. The van der Waals surface area contributed by atoms with E-state index in [2.05, 4.69) is 51.4 Å². The Morgan fingerprint density at radius 2 is 1.40 bits per heavy atom. The Morgan fingerprint density at radius 1 is 0.754 bits per heavy atom. The number of hydrogen-bond donors (Lipinski definition) is 2. The number of amides is 1. The van der Waals surface area contributed by atoms with E-state index in [9.17, 15) is 14.7 Å². The maximum absolute atomic E-state index is 14.1. The van der Waals surface area contributed by atoms with Crippen molar-refractivity contribution in [2.75, 3.05) is 14.2 Å². The van der Waals surface area contributed by atoms with E-state index in [4.69, 9.17) is 18.6 Å². The van der Waals surface area contributed by atoms with Gasteiger partial charge in [0.1, 0.15) is 36.0 Å². The molecule has 0 fully saturated rings. The summed E-state index contributed by atoms with van der Waals surface area (Å²) in [5.41, 5.74) is 5.97. The van der Waals surface area contributed by atoms with E-state index in [0.29, 0.717) is 24.5 Å². The number of fused-ring (bicyclic) bond motifs is 1. The van der Waals surface area contributed by atoms with E-state index in [-0.39, 0.29) is 40.6 Å². The topological polar surface area (TPSA) is 108 Å². The molecule has 10 heteroatoms. The maximum atomic E-state index is 14.1. The van der Waals surface area contributed by atoms with Gasteiger partial charge in [0.25, 0.3) is 0 Å². The van der Waals surface area contributed by atoms with Crippen molar-refractivity contribution >= 4 is 31.1 Å². The summed E-state index contributed by atoms with van der Waals surface area (Å²) < 4.78 is 26.2. The van der Waals surface area contributed by atoms with Crippen molar-refractivity contribution in [2.45, 2.75) is 104 Å². The van der Waals surface area contributed by atoms with Gasteiger partial charge >= 0.3 is 5.97 Å². The molecule has 0 aliphatic heterocycles. The van der Waals surface area contributed by atoms with Crippen LogP contribution < -0.4 is 14.8 Å². The van der Waals surface area contributed by atoms with Crippen LogP contribution in [0.15, 0.2) is 97.2 Å². The SMILES string of the molecule is COC(=O)C(Cc1ccc(O)c(-c2cn(Cc3ccc(OC)cc3)c3c(OCc4ccccc4)cccc23)c1)NC(=O)[C@@H](O[Si](C(C)C)(C(C)C)C(C)C)C(C)C. The minimum absolute atomic E-state index is 0.0853. The summed E-state index contributed by atoms with van der Waals surface area (Å²) >= 11 is 0. The number of nitrogens with one attached hydrogen (secondary N) is 1. The van der Waals surface area contributed by atoms with Crippen LogP contribution in [0.25, 0.3) is 22.0 Å². The number of nitrogens with zero attached hydrogens (tertiary/aromatic N) is 1. The number of carbonyl (C=O) groups excluding carboxylic acids is 2. The summed E-state index contributed by atoms with van der Waals surface area (Å²) in [5.74, 6) is 0.558. The molecule has 0 radical (unpaired) electrons. The molecule has 0 saturated heterocycles. The van der Waals surface area contributed by atoms with E-state index < -0.39 is 26.4 Å². The van der Waals surface area contributed by atoms with Crippen LogP contribution in [0.4, 0.5) is 0 Å². The first kappa shape index (κ1) is 43.1. The highest BCUT2D eigenvalue weighted by Gasteiger charge is 2.48. The fourth-order valence-corrected chi connectivity index (χ4v) is 14.0. The van der Waals surface area contributed by atoms with Crippen LogP contribution >= 0.6 is 0 Å². The quantitative estimate of drug-likeness (QED) is 0.0672. The second-order valence-corrected chi connectivity index (χ2v) is 21.6. The minimum atomic E-state index is -2.43. The molecule has 1 unspecified atom stereocenters. The van der Waals surface area contributed by atoms with Crippen molar-refractivity contribution in [3.63, 3.8) is 0 Å². The molecule has 4 aromatic carbocycles. The second-order valence-electron chi connectivity index (χ2n) is 16.2. The van der Waals surface area contributed by atoms with E-state index in [1.807, 2.05) is 98.9 Å². The number of methoxy groups -OCH3 is 2. The largest absolute Gasteiger partial charge is 0.507 e. The van der Waals surface area contributed by atoms with Crippen molar-refractivity contribution in [3.8, 4) is 28.4 Å². The first-order chi connectivity index (χ1) is 27.2. The predicted molar refractivity (Wildman–Crippen MR) is 230 cm³/mol. The van der Waals surface area contributed by atoms with Gasteiger partial charge in [0.05, 0.1) is 19.7 Å². The van der Waals surface area contributed by atoms with Crippen LogP contribution in [-0.4, -0.2) is 56.2 Å². The smallest absolute Gasteiger partial charge is 0.328 e. The minimum Gasteiger partial charge on any atom is -0.507 e. The van der Waals surface area contributed by atoms with Crippen molar-refractivity contribution in [2.24, 2.45) is 5.92 Å². The molecule has 304 valence electrons. The van der Waals surface area contributed by atoms with Gasteiger partial charge in [0.2, 0.25) is 14.2 Å². The normalized spacial score (nSPS) is 13.0. The van der Waals surface area contributed by atoms with E-state index in [0.717, 1.165) is 38.9 Å². The average molecular weight is 793 g/mol. The summed E-state index contributed by atoms with van der Waals surface area (Å²) in [4.78, 5) is 27.4. The van der Waals surface area contributed by atoms with E-state index in [1.54, 1.807) is 19.2 Å². The lowest BCUT2D eigenvalue weighted by atomic mass is 9.97. The van der Waals surface area contributed by atoms with Gasteiger partial charge in [0.15, 0.2) is 0 Å². The van der Waals surface area contributed by atoms with Crippen LogP contribution in [0.5, 0.6) is 17.2 Å². The predicted octanol–water partition coefficient (Wildman–Crippen LogP) is 10.1. The van der Waals surface area contributed by atoms with Gasteiger partial charge in [-0.05, 0) is 69.6 Å². The van der Waals surface area contributed by atoms with Gasteiger partial charge in [-0.15, -0.1) is 0 Å². The van der Waals surface area contributed by atoms with Gasteiger partial charge in [0, 0.05) is 35.7 Å². The zero-order chi connectivity index (χ0) is 41.4. The summed E-state index contributed by atoms with van der Waals surface area (Å²) in [6, 6.07) is 28.2. The highest BCUT2D eigenvalue weighted by atomic mass is 28.4. The number of esters is 1. The van der Waals surface area contributed by atoms with Gasteiger partial charge < -0.3 is 33.6 Å². The lowest BCUT2D eigenvalue weighted by Crippen LogP contribution is -2.56. The molecule has 0 aliphatic carbocycles. The van der Waals surface area contributed by atoms with Gasteiger partial charge in [-0.2, -0.15) is 0 Å². The Bertz CT molecular complexity index is 2090. The highest BCUT2D eigenvalue weighted by molar-refractivity contribution is 6.77. The van der Waals surface area contributed by atoms with Crippen LogP contribution in [0.1, 0.15) is 72.1 Å². The number of rotatable bonds is 18. The molecule has 0 aliphatic rings. The van der Waals surface area contributed by atoms with Crippen molar-refractivity contribution in [1.29, 1.82) is 0 Å². The molecule has 0 saturated carbocycles. The van der Waals surface area contributed by atoms with Crippen molar-refractivity contribution < 1.29 is 33.3 Å². The fraction of sp³-hybridized carbons (Fsp3) is 0.404. The molecule has 9 nitrogen and oxygen atoms in total. The first-order valence-electron chi connectivity index (χ1n) is 20.0. The monoisotopic (exact) mass is 792 g/mol. The molecule has 57 heavy (non-hydrogen) atoms. The number of ether oxygens (including phenoxy) is 3. The number of phenolic OH excluding ortho intramolecular Hbond substituents is 1. The Hall–Kier alpha value is -5.06. The Labute approximate surface area is 339 Å². The zero-order valence-corrected chi connectivity index (χ0v) is 36.2. The molecular weight excluding hydrogens is 733 g/mol. The summed E-state index contributed by atoms with van der Waals surface area (Å²) in [6.07, 6.45) is 1.44. The average Bonchev–Trinajstić information content (AvgIpc) is 3.55. The Morgan fingerprint density at radius 3 is 2.00 bits per heavy atom. The zero-order valence-electron chi connectivity index (χ0n) is 35.2. The standard InChI is InChI=1S/C47H60N2O7Si/c1-30(2)45(56-57(31(3)4,32(5)6)33(7)8)46(51)48-41(47(52)54-10)26-36-21-24-42(50)39(25-36)40-28-49(27-34-19-22-37(53-9)23-20-34)44-38(40)17-14-18-43(44)55-29-35-15-12-11-13-16-35/h11-25,28,30-33,41,45,50H,26-27,29H2,1-10H3,(H,48,51)/t41?,45-/m0/s1. The van der Waals surface area contributed by atoms with Crippen LogP contribution in [-0.2, 0) is 38.3 Å². The lowest BCUT2D eigenvalue weighted by molar-refractivity contribution is -0.146. The summed E-state index contributed by atoms with van der Waals surface area (Å²) in [7, 11) is 0.544. The second kappa shape index (κ2) is 18.9. The van der Waals surface area contributed by atoms with Gasteiger partial charge in [-0.1, -0.05) is 116 Å². The number of hydrogen-bond acceptors (Lipinski definition) is 7. The van der Waals surface area contributed by atoms with Crippen LogP contribution in [0.3, 0.4) is 0 Å². The molecule has 5 aromatic rings. The number of para-hydroxylation sites is 1. The number of aromatic hydroxyl groups is 1. The molecule has 1 amide bonds. The number of benzene rings is 4. The highest BCUT2D eigenvalue weighted by Crippen LogP contribution is 2.44. The molecule has 0 bridgehead atoms. The van der Waals surface area contributed by atoms with Crippen molar-refractivity contribution in [1.82, 2.24) is 9.88 Å². The Balaban J connectivity index is 1.51. The van der Waals surface area contributed by atoms with E-state index >= 15 is 0 Å². The Kier molecular flexibility index (Phi) is 14.3. The third kappa shape index (κ3) is 9.74. The first-order valence-corrected chi connectivity index (χ1v) is 22.1. The molecule has 2 atom stereocenters. The molecular formula is C47H60N2O7Si. The van der Waals surface area contributed by atoms with Crippen LogP contribution in [0.2, 0.25) is 16.6 Å². The lowest BCUT2D eigenvalue weighted by Gasteiger charge is -2.45.